The van der Waals surface area contributed by atoms with Crippen LogP contribution in [0.15, 0.2) is 53.5 Å². The maximum atomic E-state index is 11.8. The van der Waals surface area contributed by atoms with Crippen molar-refractivity contribution in [2.24, 2.45) is 0 Å². The van der Waals surface area contributed by atoms with Gasteiger partial charge in [0.05, 0.1) is 11.2 Å². The number of hydrogen-bond donors (Lipinski definition) is 2. The number of benzene rings is 1. The molecular weight excluding hydrogens is 274 g/mol. The number of anilines is 1. The highest BCUT2D eigenvalue weighted by molar-refractivity contribution is 6.30. The summed E-state index contributed by atoms with van der Waals surface area (Å²) in [5.41, 5.74) is 2.77. The van der Waals surface area contributed by atoms with Crippen LogP contribution in [-0.2, 0) is 6.54 Å². The number of aromatic amines is 1. The molecule has 0 aliphatic rings. The highest BCUT2D eigenvalue weighted by atomic mass is 35.5. The highest BCUT2D eigenvalue weighted by Gasteiger charge is 2.07. The molecule has 1 aromatic carbocycles. The molecule has 4 nitrogen and oxygen atoms in total. The summed E-state index contributed by atoms with van der Waals surface area (Å²) in [7, 11) is 0. The lowest BCUT2D eigenvalue weighted by Crippen LogP contribution is -2.07. The van der Waals surface area contributed by atoms with Crippen LogP contribution in [0.5, 0.6) is 0 Å². The van der Waals surface area contributed by atoms with Gasteiger partial charge in [-0.05, 0) is 5.56 Å². The fourth-order valence-corrected chi connectivity index (χ4v) is 2.24. The molecular formula is C15H12ClN3O. The van der Waals surface area contributed by atoms with Crippen molar-refractivity contribution in [1.29, 1.82) is 0 Å². The number of H-pyrrole nitrogens is 1. The molecule has 5 heteroatoms. The van der Waals surface area contributed by atoms with Crippen LogP contribution in [0.2, 0.25) is 5.15 Å². The van der Waals surface area contributed by atoms with E-state index >= 15 is 0 Å². The molecule has 0 unspecified atom stereocenters. The number of hydrogen-bond acceptors (Lipinski definition) is 3. The van der Waals surface area contributed by atoms with Crippen LogP contribution < -0.4 is 10.7 Å². The van der Waals surface area contributed by atoms with Gasteiger partial charge in [-0.3, -0.25) is 4.79 Å². The summed E-state index contributed by atoms with van der Waals surface area (Å²) in [6.07, 6.45) is 1.61. The van der Waals surface area contributed by atoms with Gasteiger partial charge in [0.1, 0.15) is 10.7 Å². The quantitative estimate of drug-likeness (QED) is 0.727. The van der Waals surface area contributed by atoms with Crippen molar-refractivity contribution in [1.82, 2.24) is 9.97 Å². The van der Waals surface area contributed by atoms with E-state index in [1.54, 1.807) is 12.3 Å². The highest BCUT2D eigenvalue weighted by Crippen LogP contribution is 2.22. The first-order chi connectivity index (χ1) is 9.74. The number of halogens is 1. The van der Waals surface area contributed by atoms with Gasteiger partial charge < -0.3 is 10.3 Å². The van der Waals surface area contributed by atoms with Crippen molar-refractivity contribution in [3.63, 3.8) is 0 Å². The fourth-order valence-electron chi connectivity index (χ4n) is 2.05. The largest absolute Gasteiger partial charge is 0.379 e. The van der Waals surface area contributed by atoms with Gasteiger partial charge in [-0.15, -0.1) is 0 Å². The predicted octanol–water partition coefficient (Wildman–Crippen LogP) is 3.19. The summed E-state index contributed by atoms with van der Waals surface area (Å²) in [4.78, 5) is 18.9. The Bertz CT molecular complexity index is 799. The van der Waals surface area contributed by atoms with E-state index in [4.69, 9.17) is 11.6 Å². The van der Waals surface area contributed by atoms with E-state index < -0.39 is 0 Å². The summed E-state index contributed by atoms with van der Waals surface area (Å²) in [6, 6.07) is 13.1. The van der Waals surface area contributed by atoms with Crippen molar-refractivity contribution in [2.45, 2.75) is 6.54 Å². The lowest BCUT2D eigenvalue weighted by Gasteiger charge is -2.09. The van der Waals surface area contributed by atoms with Gasteiger partial charge in [-0.25, -0.2) is 4.98 Å². The second kappa shape index (κ2) is 5.35. The summed E-state index contributed by atoms with van der Waals surface area (Å²) >= 11 is 5.97. The predicted molar refractivity (Wildman–Crippen MR) is 81.1 cm³/mol. The van der Waals surface area contributed by atoms with Crippen molar-refractivity contribution < 1.29 is 0 Å². The first-order valence-corrected chi connectivity index (χ1v) is 6.57. The van der Waals surface area contributed by atoms with Gasteiger partial charge in [-0.2, -0.15) is 0 Å². The number of rotatable bonds is 3. The van der Waals surface area contributed by atoms with E-state index in [-0.39, 0.29) is 5.43 Å². The normalized spacial score (nSPS) is 10.7. The molecule has 0 bridgehead atoms. The molecule has 2 aromatic heterocycles. The average molecular weight is 286 g/mol. The Hall–Kier alpha value is -2.33. The molecule has 0 fully saturated rings. The molecule has 0 aliphatic heterocycles. The van der Waals surface area contributed by atoms with Crippen LogP contribution in [0.25, 0.3) is 11.0 Å². The van der Waals surface area contributed by atoms with Crippen molar-refractivity contribution in [3.05, 3.63) is 69.6 Å². The third kappa shape index (κ3) is 2.51. The summed E-state index contributed by atoms with van der Waals surface area (Å²) < 4.78 is 0. The molecule has 0 saturated heterocycles. The van der Waals surface area contributed by atoms with Gasteiger partial charge in [0.25, 0.3) is 0 Å². The summed E-state index contributed by atoms with van der Waals surface area (Å²) in [6.45, 7) is 0.646. The molecule has 20 heavy (non-hydrogen) atoms. The van der Waals surface area contributed by atoms with E-state index in [1.807, 2.05) is 30.3 Å². The second-order valence-electron chi connectivity index (χ2n) is 4.40. The zero-order valence-electron chi connectivity index (χ0n) is 10.6. The third-order valence-electron chi connectivity index (χ3n) is 3.01. The minimum atomic E-state index is -0.149. The number of pyridine rings is 2. The second-order valence-corrected chi connectivity index (χ2v) is 4.78. The Morgan fingerprint density at radius 3 is 2.80 bits per heavy atom. The molecule has 0 saturated carbocycles. The number of nitrogens with zero attached hydrogens (tertiary/aromatic N) is 1. The van der Waals surface area contributed by atoms with Crippen LogP contribution in [0.3, 0.4) is 0 Å². The molecule has 0 radical (unpaired) electrons. The van der Waals surface area contributed by atoms with Crippen molar-refractivity contribution >= 4 is 28.3 Å². The average Bonchev–Trinajstić information content (AvgIpc) is 2.47. The van der Waals surface area contributed by atoms with E-state index in [0.717, 1.165) is 11.3 Å². The zero-order chi connectivity index (χ0) is 13.9. The van der Waals surface area contributed by atoms with Gasteiger partial charge >= 0.3 is 0 Å². The maximum Gasteiger partial charge on any atom is 0.207 e. The zero-order valence-corrected chi connectivity index (χ0v) is 11.3. The molecule has 100 valence electrons. The van der Waals surface area contributed by atoms with Crippen LogP contribution in [-0.4, -0.2) is 9.97 Å². The van der Waals surface area contributed by atoms with Crippen LogP contribution >= 0.6 is 11.6 Å². The number of nitrogens with one attached hydrogen (secondary N) is 2. The molecule has 0 spiro atoms. The molecule has 0 atom stereocenters. The number of aromatic nitrogens is 2. The minimum Gasteiger partial charge on any atom is -0.379 e. The van der Waals surface area contributed by atoms with E-state index in [2.05, 4.69) is 15.3 Å². The molecule has 2 N–H and O–H groups in total. The topological polar surface area (TPSA) is 57.8 Å². The van der Waals surface area contributed by atoms with Crippen LogP contribution in [0, 0.1) is 0 Å². The lowest BCUT2D eigenvalue weighted by molar-refractivity contribution is 1.15. The lowest BCUT2D eigenvalue weighted by atomic mass is 10.2. The maximum absolute atomic E-state index is 11.8. The Morgan fingerprint density at radius 1 is 1.20 bits per heavy atom. The Morgan fingerprint density at radius 2 is 2.00 bits per heavy atom. The molecule has 0 amide bonds. The van der Waals surface area contributed by atoms with Crippen LogP contribution in [0.4, 0.5) is 5.69 Å². The first kappa shape index (κ1) is 12.7. The van der Waals surface area contributed by atoms with Crippen LogP contribution in [0.1, 0.15) is 5.56 Å². The van der Waals surface area contributed by atoms with Gasteiger partial charge in [-0.1, -0.05) is 41.9 Å². The SMILES string of the molecule is O=c1cc[nH]c2c(NCc3ccccc3)cc(Cl)nc12. The van der Waals surface area contributed by atoms with E-state index in [1.165, 1.54) is 6.07 Å². The molecule has 3 rings (SSSR count). The summed E-state index contributed by atoms with van der Waals surface area (Å²) in [5, 5.41) is 3.57. The minimum absolute atomic E-state index is 0.149. The molecule has 2 heterocycles. The third-order valence-corrected chi connectivity index (χ3v) is 3.20. The van der Waals surface area contributed by atoms with E-state index in [0.29, 0.717) is 22.7 Å². The summed E-state index contributed by atoms with van der Waals surface area (Å²) in [5.74, 6) is 0. The Labute approximate surface area is 120 Å². The fraction of sp³-hybridized carbons (Fsp3) is 0.0667. The van der Waals surface area contributed by atoms with Crippen molar-refractivity contribution in [2.75, 3.05) is 5.32 Å². The standard InChI is InChI=1S/C15H12ClN3O/c16-13-8-11(18-9-10-4-2-1-3-5-10)14-15(19-13)12(20)6-7-17-14/h1-8H,9H2,(H,17,20)(H,18,19). The number of fused-ring (bicyclic) bond motifs is 1. The van der Waals surface area contributed by atoms with E-state index in [9.17, 15) is 4.79 Å². The Balaban J connectivity index is 1.99. The first-order valence-electron chi connectivity index (χ1n) is 6.20. The van der Waals surface area contributed by atoms with Gasteiger partial charge in [0.2, 0.25) is 5.43 Å². The molecule has 3 aromatic rings. The smallest absolute Gasteiger partial charge is 0.207 e. The Kier molecular flexibility index (Phi) is 3.39. The molecule has 0 aliphatic carbocycles. The monoisotopic (exact) mass is 285 g/mol. The van der Waals surface area contributed by atoms with Gasteiger partial charge in [0, 0.05) is 24.9 Å². The van der Waals surface area contributed by atoms with Crippen molar-refractivity contribution in [3.8, 4) is 0 Å². The van der Waals surface area contributed by atoms with Gasteiger partial charge in [0.15, 0.2) is 0 Å².